The number of amides is 1. The van der Waals surface area contributed by atoms with Crippen molar-refractivity contribution >= 4 is 16.7 Å². The number of rotatable bonds is 13. The van der Waals surface area contributed by atoms with Crippen LogP contribution in [0.2, 0.25) is 0 Å². The summed E-state index contributed by atoms with van der Waals surface area (Å²) in [5, 5.41) is 27.8. The highest BCUT2D eigenvalue weighted by atomic mass is 17.0. The van der Waals surface area contributed by atoms with E-state index in [1.807, 2.05) is 56.3 Å². The van der Waals surface area contributed by atoms with Crippen LogP contribution in [0.3, 0.4) is 0 Å². The standard InChI is InChI=1S/C22H31N3O6/c1-16(31-25(28)29)11-12-21(27)23-15-22(2,3)24-13-18(26)14-30-20-10-6-8-17-7-4-5-9-19(17)20/h4-10,16,18,24,26H,11-15H2,1-3H3,(H,23,27). The lowest BCUT2D eigenvalue weighted by atomic mass is 10.1. The zero-order chi connectivity index (χ0) is 22.9. The number of carbonyl (C=O) groups is 1. The summed E-state index contributed by atoms with van der Waals surface area (Å²) in [5.74, 6) is 0.507. The summed E-state index contributed by atoms with van der Waals surface area (Å²) in [7, 11) is 0. The Balaban J connectivity index is 1.70. The minimum absolute atomic E-state index is 0.132. The Morgan fingerprint density at radius 2 is 1.94 bits per heavy atom. The van der Waals surface area contributed by atoms with Crippen LogP contribution in [0.5, 0.6) is 5.75 Å². The number of nitrogens with one attached hydrogen (secondary N) is 2. The van der Waals surface area contributed by atoms with Gasteiger partial charge >= 0.3 is 0 Å². The molecule has 0 aliphatic heterocycles. The highest BCUT2D eigenvalue weighted by Crippen LogP contribution is 2.25. The molecule has 2 rings (SSSR count). The molecule has 170 valence electrons. The SMILES string of the molecule is CC(CCC(=O)NCC(C)(C)NCC(O)COc1cccc2ccccc12)O[N+](=O)[O-]. The molecule has 0 heterocycles. The molecule has 0 aliphatic rings. The fourth-order valence-electron chi connectivity index (χ4n) is 2.96. The summed E-state index contributed by atoms with van der Waals surface area (Å²) in [6.45, 7) is 6.13. The van der Waals surface area contributed by atoms with Crippen molar-refractivity contribution < 1.29 is 24.6 Å². The molecule has 2 aromatic carbocycles. The number of aliphatic hydroxyl groups excluding tert-OH is 1. The molecule has 0 radical (unpaired) electrons. The molecule has 2 atom stereocenters. The predicted molar refractivity (Wildman–Crippen MR) is 117 cm³/mol. The maximum atomic E-state index is 12.0. The number of fused-ring (bicyclic) bond motifs is 1. The summed E-state index contributed by atoms with van der Waals surface area (Å²) >= 11 is 0. The molecule has 9 heteroatoms. The van der Waals surface area contributed by atoms with Crippen LogP contribution >= 0.6 is 0 Å². The van der Waals surface area contributed by atoms with E-state index in [1.165, 1.54) is 0 Å². The Morgan fingerprint density at radius 3 is 2.68 bits per heavy atom. The van der Waals surface area contributed by atoms with E-state index in [-0.39, 0.29) is 25.4 Å². The third-order valence-corrected chi connectivity index (χ3v) is 4.77. The summed E-state index contributed by atoms with van der Waals surface area (Å²) in [6, 6.07) is 13.7. The molecule has 9 nitrogen and oxygen atoms in total. The Hall–Kier alpha value is -2.91. The van der Waals surface area contributed by atoms with Crippen LogP contribution in [-0.4, -0.2) is 53.5 Å². The smallest absolute Gasteiger partial charge is 0.294 e. The third-order valence-electron chi connectivity index (χ3n) is 4.77. The second-order valence-electron chi connectivity index (χ2n) is 8.16. The second kappa shape index (κ2) is 11.5. The van der Waals surface area contributed by atoms with Crippen LogP contribution in [0.1, 0.15) is 33.6 Å². The molecule has 0 aliphatic carbocycles. The Morgan fingerprint density at radius 1 is 1.23 bits per heavy atom. The van der Waals surface area contributed by atoms with Gasteiger partial charge in [-0.05, 0) is 38.6 Å². The van der Waals surface area contributed by atoms with E-state index in [2.05, 4.69) is 15.5 Å². The van der Waals surface area contributed by atoms with E-state index in [4.69, 9.17) is 4.74 Å². The van der Waals surface area contributed by atoms with Crippen LogP contribution in [0, 0.1) is 10.1 Å². The van der Waals surface area contributed by atoms with Crippen LogP contribution < -0.4 is 15.4 Å². The van der Waals surface area contributed by atoms with Crippen molar-refractivity contribution in [1.82, 2.24) is 10.6 Å². The van der Waals surface area contributed by atoms with Crippen LogP contribution in [0.15, 0.2) is 42.5 Å². The molecule has 31 heavy (non-hydrogen) atoms. The molecular formula is C22H31N3O6. The van der Waals surface area contributed by atoms with E-state index in [1.54, 1.807) is 6.92 Å². The molecule has 2 unspecified atom stereocenters. The van der Waals surface area contributed by atoms with Crippen molar-refractivity contribution in [1.29, 1.82) is 0 Å². The lowest BCUT2D eigenvalue weighted by molar-refractivity contribution is -0.767. The normalized spacial score (nSPS) is 13.4. The predicted octanol–water partition coefficient (Wildman–Crippen LogP) is 2.44. The average molecular weight is 434 g/mol. The van der Waals surface area contributed by atoms with Gasteiger partial charge in [-0.2, -0.15) is 0 Å². The molecule has 0 saturated carbocycles. The highest BCUT2D eigenvalue weighted by molar-refractivity contribution is 5.88. The van der Waals surface area contributed by atoms with Gasteiger partial charge in [-0.3, -0.25) is 4.79 Å². The number of hydrogen-bond acceptors (Lipinski definition) is 7. The number of hydrogen-bond donors (Lipinski definition) is 3. The van der Waals surface area contributed by atoms with E-state index in [0.717, 1.165) is 16.5 Å². The number of β-amino-alcohol motifs (C(OH)–C–C–N with tert-alkyl or cyclic N) is 1. The number of nitrogens with zero attached hydrogens (tertiary/aromatic N) is 1. The maximum Gasteiger partial charge on any atom is 0.294 e. The van der Waals surface area contributed by atoms with Gasteiger partial charge in [0.05, 0.1) is 0 Å². The van der Waals surface area contributed by atoms with Gasteiger partial charge in [-0.25, -0.2) is 0 Å². The first-order chi connectivity index (χ1) is 14.7. The first kappa shape index (κ1) is 24.4. The Kier molecular flexibility index (Phi) is 9.02. The highest BCUT2D eigenvalue weighted by Gasteiger charge is 2.20. The van der Waals surface area contributed by atoms with Gasteiger partial charge in [0.1, 0.15) is 24.6 Å². The van der Waals surface area contributed by atoms with Crippen LogP contribution in [0.25, 0.3) is 10.8 Å². The lowest BCUT2D eigenvalue weighted by Gasteiger charge is -2.28. The topological polar surface area (TPSA) is 123 Å². The fraction of sp³-hybridized carbons (Fsp3) is 0.500. The quantitative estimate of drug-likeness (QED) is 0.327. The molecule has 0 fully saturated rings. The second-order valence-corrected chi connectivity index (χ2v) is 8.16. The van der Waals surface area contributed by atoms with Crippen LogP contribution in [-0.2, 0) is 9.63 Å². The largest absolute Gasteiger partial charge is 0.490 e. The van der Waals surface area contributed by atoms with E-state index >= 15 is 0 Å². The van der Waals surface area contributed by atoms with Crippen LogP contribution in [0.4, 0.5) is 0 Å². The fourth-order valence-corrected chi connectivity index (χ4v) is 2.96. The van der Waals surface area contributed by atoms with Crippen molar-refractivity contribution in [3.05, 3.63) is 52.6 Å². The molecule has 0 bridgehead atoms. The summed E-state index contributed by atoms with van der Waals surface area (Å²) in [5.41, 5.74) is -0.459. The molecule has 0 spiro atoms. The molecule has 2 aromatic rings. The third kappa shape index (κ3) is 8.77. The summed E-state index contributed by atoms with van der Waals surface area (Å²) < 4.78 is 5.81. The van der Waals surface area contributed by atoms with E-state index < -0.39 is 22.8 Å². The maximum absolute atomic E-state index is 12.0. The number of aliphatic hydroxyl groups is 1. The lowest BCUT2D eigenvalue weighted by Crippen LogP contribution is -2.51. The first-order valence-corrected chi connectivity index (χ1v) is 10.3. The van der Waals surface area contributed by atoms with Gasteiger partial charge in [0.25, 0.3) is 5.09 Å². The molecule has 3 N–H and O–H groups in total. The number of benzene rings is 2. The molecule has 1 amide bonds. The Bertz CT molecular complexity index is 868. The van der Waals surface area contributed by atoms with E-state index in [0.29, 0.717) is 13.1 Å². The van der Waals surface area contributed by atoms with Gasteiger partial charge in [-0.1, -0.05) is 36.4 Å². The molecule has 0 saturated heterocycles. The van der Waals surface area contributed by atoms with Crippen molar-refractivity contribution in [2.24, 2.45) is 0 Å². The van der Waals surface area contributed by atoms with Gasteiger partial charge in [0, 0.05) is 30.4 Å². The zero-order valence-corrected chi connectivity index (χ0v) is 18.2. The Labute approximate surface area is 181 Å². The van der Waals surface area contributed by atoms with E-state index in [9.17, 15) is 20.0 Å². The van der Waals surface area contributed by atoms with Crippen molar-refractivity contribution in [2.45, 2.75) is 51.4 Å². The minimum atomic E-state index is -0.856. The van der Waals surface area contributed by atoms with Gasteiger partial charge < -0.3 is 25.3 Å². The van der Waals surface area contributed by atoms with Gasteiger partial charge in [-0.15, -0.1) is 10.1 Å². The molecule has 0 aromatic heterocycles. The first-order valence-electron chi connectivity index (χ1n) is 10.3. The zero-order valence-electron chi connectivity index (χ0n) is 18.2. The monoisotopic (exact) mass is 433 g/mol. The molecular weight excluding hydrogens is 402 g/mol. The average Bonchev–Trinajstić information content (AvgIpc) is 2.73. The van der Waals surface area contributed by atoms with Crippen molar-refractivity contribution in [3.8, 4) is 5.75 Å². The minimum Gasteiger partial charge on any atom is -0.490 e. The van der Waals surface area contributed by atoms with Gasteiger partial charge in [0.15, 0.2) is 0 Å². The summed E-state index contributed by atoms with van der Waals surface area (Å²) in [4.78, 5) is 26.6. The van der Waals surface area contributed by atoms with Gasteiger partial charge in [0.2, 0.25) is 5.91 Å². The van der Waals surface area contributed by atoms with Crippen molar-refractivity contribution in [2.75, 3.05) is 19.7 Å². The number of carbonyl (C=O) groups excluding carboxylic acids is 1. The number of ether oxygens (including phenoxy) is 1. The van der Waals surface area contributed by atoms with Crippen molar-refractivity contribution in [3.63, 3.8) is 0 Å². The summed E-state index contributed by atoms with van der Waals surface area (Å²) in [6.07, 6.45) is -0.977.